The third-order valence-electron chi connectivity index (χ3n) is 3.39. The Hall–Kier alpha value is -3.09. The molecule has 1 aromatic heterocycles. The first-order chi connectivity index (χ1) is 10.5. The molecule has 114 valence electrons. The van der Waals surface area contributed by atoms with Gasteiger partial charge in [0.15, 0.2) is 22.8 Å². The SMILES string of the molecule is COc1cc(O)c2c(=O)c3c(O)c(O)ccc3oc2c1OC. The van der Waals surface area contributed by atoms with Gasteiger partial charge in [0.25, 0.3) is 0 Å². The predicted molar refractivity (Wildman–Crippen MR) is 78.1 cm³/mol. The highest BCUT2D eigenvalue weighted by Gasteiger charge is 2.22. The molecular formula is C15H12O7. The maximum Gasteiger partial charge on any atom is 0.208 e. The van der Waals surface area contributed by atoms with Crippen LogP contribution in [-0.4, -0.2) is 29.5 Å². The number of hydrogen-bond donors (Lipinski definition) is 3. The lowest BCUT2D eigenvalue weighted by molar-refractivity contribution is 0.351. The first kappa shape index (κ1) is 13.9. The van der Waals surface area contributed by atoms with E-state index in [1.54, 1.807) is 0 Å². The molecule has 0 aliphatic rings. The van der Waals surface area contributed by atoms with E-state index in [1.807, 2.05) is 0 Å². The predicted octanol–water partition coefficient (Wildman–Crippen LogP) is 2.08. The molecule has 1 heterocycles. The van der Waals surface area contributed by atoms with Gasteiger partial charge >= 0.3 is 0 Å². The van der Waals surface area contributed by atoms with E-state index in [1.165, 1.54) is 32.4 Å². The van der Waals surface area contributed by atoms with Crippen molar-refractivity contribution in [3.63, 3.8) is 0 Å². The van der Waals surface area contributed by atoms with E-state index in [9.17, 15) is 20.1 Å². The third kappa shape index (κ3) is 1.72. The monoisotopic (exact) mass is 304 g/mol. The van der Waals surface area contributed by atoms with Crippen LogP contribution in [0.15, 0.2) is 27.4 Å². The molecule has 7 heteroatoms. The highest BCUT2D eigenvalue weighted by Crippen LogP contribution is 2.42. The Labute approximate surface area is 123 Å². The quantitative estimate of drug-likeness (QED) is 0.491. The molecule has 3 N–H and O–H groups in total. The number of rotatable bonds is 2. The number of benzene rings is 2. The Morgan fingerprint density at radius 1 is 1.00 bits per heavy atom. The number of hydrogen-bond acceptors (Lipinski definition) is 7. The van der Waals surface area contributed by atoms with Crippen LogP contribution in [0.3, 0.4) is 0 Å². The van der Waals surface area contributed by atoms with E-state index in [-0.39, 0.29) is 39.2 Å². The molecule has 0 fully saturated rings. The second-order valence-electron chi connectivity index (χ2n) is 4.57. The van der Waals surface area contributed by atoms with E-state index >= 15 is 0 Å². The van der Waals surface area contributed by atoms with Gasteiger partial charge in [-0.3, -0.25) is 4.79 Å². The van der Waals surface area contributed by atoms with E-state index in [0.29, 0.717) is 0 Å². The van der Waals surface area contributed by atoms with Crippen LogP contribution in [0, 0.1) is 0 Å². The lowest BCUT2D eigenvalue weighted by atomic mass is 10.1. The molecule has 3 aromatic rings. The maximum absolute atomic E-state index is 12.6. The van der Waals surface area contributed by atoms with E-state index in [2.05, 4.69) is 0 Å². The van der Waals surface area contributed by atoms with Crippen molar-refractivity contribution in [3.05, 3.63) is 28.4 Å². The summed E-state index contributed by atoms with van der Waals surface area (Å²) < 4.78 is 15.8. The second kappa shape index (κ2) is 4.73. The summed E-state index contributed by atoms with van der Waals surface area (Å²) in [5.41, 5.74) is -0.663. The molecule has 7 nitrogen and oxygen atoms in total. The normalized spacial score (nSPS) is 11.0. The second-order valence-corrected chi connectivity index (χ2v) is 4.57. The average molecular weight is 304 g/mol. The van der Waals surface area contributed by atoms with Gasteiger partial charge in [0.1, 0.15) is 22.1 Å². The minimum atomic E-state index is -0.692. The van der Waals surface area contributed by atoms with Crippen molar-refractivity contribution in [2.75, 3.05) is 14.2 Å². The molecule has 3 rings (SSSR count). The van der Waals surface area contributed by atoms with Gasteiger partial charge in [-0.2, -0.15) is 0 Å². The first-order valence-electron chi connectivity index (χ1n) is 6.25. The third-order valence-corrected chi connectivity index (χ3v) is 3.39. The molecule has 2 aromatic carbocycles. The zero-order valence-electron chi connectivity index (χ0n) is 11.7. The van der Waals surface area contributed by atoms with Gasteiger partial charge in [0.2, 0.25) is 11.2 Å². The molecule has 0 unspecified atom stereocenters. The first-order valence-corrected chi connectivity index (χ1v) is 6.25. The smallest absolute Gasteiger partial charge is 0.208 e. The molecule has 0 saturated carbocycles. The summed E-state index contributed by atoms with van der Waals surface area (Å²) in [5.74, 6) is -1.12. The minimum absolute atomic E-state index is 0.0121. The number of ether oxygens (including phenoxy) is 2. The van der Waals surface area contributed by atoms with Crippen LogP contribution < -0.4 is 14.9 Å². The van der Waals surface area contributed by atoms with Crippen LogP contribution in [0.2, 0.25) is 0 Å². The zero-order valence-corrected chi connectivity index (χ0v) is 11.7. The van der Waals surface area contributed by atoms with Crippen molar-refractivity contribution in [2.45, 2.75) is 0 Å². The summed E-state index contributed by atoms with van der Waals surface area (Å²) in [6.45, 7) is 0. The highest BCUT2D eigenvalue weighted by molar-refractivity contribution is 5.99. The van der Waals surface area contributed by atoms with Gasteiger partial charge < -0.3 is 29.2 Å². The summed E-state index contributed by atoms with van der Waals surface area (Å²) in [7, 11) is 2.75. The van der Waals surface area contributed by atoms with Crippen LogP contribution in [-0.2, 0) is 0 Å². The Morgan fingerprint density at radius 3 is 2.36 bits per heavy atom. The summed E-state index contributed by atoms with van der Waals surface area (Å²) in [4.78, 5) is 12.6. The molecule has 0 amide bonds. The summed E-state index contributed by atoms with van der Waals surface area (Å²) in [6, 6.07) is 3.74. The summed E-state index contributed by atoms with van der Waals surface area (Å²) in [5, 5.41) is 29.1. The van der Waals surface area contributed by atoms with Crippen LogP contribution in [0.25, 0.3) is 21.9 Å². The Bertz CT molecular complexity index is 956. The Balaban J connectivity index is 2.62. The lowest BCUT2D eigenvalue weighted by Crippen LogP contribution is -2.04. The van der Waals surface area contributed by atoms with Gasteiger partial charge in [-0.25, -0.2) is 0 Å². The summed E-state index contributed by atoms with van der Waals surface area (Å²) in [6.07, 6.45) is 0. The van der Waals surface area contributed by atoms with Crippen molar-refractivity contribution >= 4 is 21.9 Å². The van der Waals surface area contributed by atoms with Crippen molar-refractivity contribution in [2.24, 2.45) is 0 Å². The van der Waals surface area contributed by atoms with Crippen molar-refractivity contribution in [1.29, 1.82) is 0 Å². The van der Waals surface area contributed by atoms with Gasteiger partial charge in [-0.05, 0) is 12.1 Å². The number of fused-ring (bicyclic) bond motifs is 2. The van der Waals surface area contributed by atoms with Gasteiger partial charge in [-0.1, -0.05) is 0 Å². The lowest BCUT2D eigenvalue weighted by Gasteiger charge is -2.12. The van der Waals surface area contributed by atoms with Crippen LogP contribution in [0.4, 0.5) is 0 Å². The zero-order chi connectivity index (χ0) is 16.0. The van der Waals surface area contributed by atoms with Crippen LogP contribution in [0.5, 0.6) is 28.7 Å². The Morgan fingerprint density at radius 2 is 1.73 bits per heavy atom. The van der Waals surface area contributed by atoms with E-state index < -0.39 is 16.9 Å². The minimum Gasteiger partial charge on any atom is -0.507 e. The Kier molecular flexibility index (Phi) is 2.98. The molecule has 22 heavy (non-hydrogen) atoms. The number of phenolic OH excluding ortho intramolecular Hbond substituents is 3. The average Bonchev–Trinajstić information content (AvgIpc) is 2.50. The van der Waals surface area contributed by atoms with Gasteiger partial charge in [0.05, 0.1) is 14.2 Å². The largest absolute Gasteiger partial charge is 0.507 e. The van der Waals surface area contributed by atoms with Crippen LogP contribution in [0.1, 0.15) is 0 Å². The molecule has 0 aliphatic heterocycles. The van der Waals surface area contributed by atoms with Gasteiger partial charge in [0, 0.05) is 6.07 Å². The fraction of sp³-hybridized carbons (Fsp3) is 0.133. The van der Waals surface area contributed by atoms with Gasteiger partial charge in [-0.15, -0.1) is 0 Å². The van der Waals surface area contributed by atoms with Crippen molar-refractivity contribution < 1.29 is 29.2 Å². The van der Waals surface area contributed by atoms with Crippen molar-refractivity contribution in [3.8, 4) is 28.7 Å². The summed E-state index contributed by atoms with van der Waals surface area (Å²) >= 11 is 0. The molecule has 0 saturated heterocycles. The molecule has 0 spiro atoms. The van der Waals surface area contributed by atoms with E-state index in [4.69, 9.17) is 13.9 Å². The topological polar surface area (TPSA) is 109 Å². The molecule has 0 bridgehead atoms. The fourth-order valence-electron chi connectivity index (χ4n) is 2.37. The molecule has 0 radical (unpaired) electrons. The molecular weight excluding hydrogens is 292 g/mol. The standard InChI is InChI=1S/C15H12O7/c1-20-9-5-7(17)10-13(19)11-8(4-3-6(16)12(11)18)22-15(10)14(9)21-2/h3-5,16-18H,1-2H3. The van der Waals surface area contributed by atoms with Crippen LogP contribution >= 0.6 is 0 Å². The number of aromatic hydroxyl groups is 3. The van der Waals surface area contributed by atoms with Crippen molar-refractivity contribution in [1.82, 2.24) is 0 Å². The highest BCUT2D eigenvalue weighted by atomic mass is 16.5. The fourth-order valence-corrected chi connectivity index (χ4v) is 2.37. The maximum atomic E-state index is 12.6. The number of phenols is 3. The number of methoxy groups -OCH3 is 2. The molecule has 0 atom stereocenters. The molecule has 0 aliphatic carbocycles. The van der Waals surface area contributed by atoms with E-state index in [0.717, 1.165) is 0 Å².